The molecular formula is C28H39N5O2. The third kappa shape index (κ3) is 5.46. The van der Waals surface area contributed by atoms with Gasteiger partial charge in [-0.2, -0.15) is 0 Å². The molecule has 1 aromatic carbocycles. The highest BCUT2D eigenvalue weighted by Gasteiger charge is 2.34. The van der Waals surface area contributed by atoms with Gasteiger partial charge in [0.2, 0.25) is 5.88 Å². The van der Waals surface area contributed by atoms with Gasteiger partial charge in [-0.1, -0.05) is 23.4 Å². The highest BCUT2D eigenvalue weighted by Crippen LogP contribution is 2.31. The van der Waals surface area contributed by atoms with E-state index in [1.807, 2.05) is 24.4 Å². The average molecular weight is 478 g/mol. The Hall–Kier alpha value is -2.64. The molecule has 3 aromatic rings. The van der Waals surface area contributed by atoms with E-state index in [1.54, 1.807) is 0 Å². The molecule has 0 aliphatic carbocycles. The summed E-state index contributed by atoms with van der Waals surface area (Å²) in [6.45, 7) is 14.8. The van der Waals surface area contributed by atoms with Gasteiger partial charge in [-0.25, -0.2) is 4.98 Å². The van der Waals surface area contributed by atoms with Gasteiger partial charge in [-0.05, 0) is 58.2 Å². The number of pyridine rings is 1. The van der Waals surface area contributed by atoms with Crippen LogP contribution in [0.3, 0.4) is 0 Å². The van der Waals surface area contributed by atoms with Crippen molar-refractivity contribution in [2.24, 2.45) is 5.92 Å². The molecule has 2 aromatic heterocycles. The second-order valence-corrected chi connectivity index (χ2v) is 10.7. The molecule has 0 saturated carbocycles. The smallest absolute Gasteiger partial charge is 0.213 e. The Kier molecular flexibility index (Phi) is 7.25. The lowest BCUT2D eigenvalue weighted by atomic mass is 9.91. The van der Waals surface area contributed by atoms with Crippen molar-refractivity contribution in [1.82, 2.24) is 19.9 Å². The number of rotatable bonds is 8. The van der Waals surface area contributed by atoms with Crippen molar-refractivity contribution in [2.45, 2.75) is 65.2 Å². The Labute approximate surface area is 209 Å². The Balaban J connectivity index is 1.11. The SMILES string of the molecule is CC(C)N(Cc1ccc(OCC2CCC3CN(c4noc5ccccc45)CCN3C2)nc1)C(C)C. The minimum Gasteiger partial charge on any atom is -0.477 e. The number of aromatic nitrogens is 2. The Bertz CT molecular complexity index is 1090. The van der Waals surface area contributed by atoms with E-state index in [0.29, 0.717) is 24.0 Å². The van der Waals surface area contributed by atoms with Gasteiger partial charge in [0.05, 0.1) is 12.0 Å². The molecule has 2 aliphatic rings. The lowest BCUT2D eigenvalue weighted by molar-refractivity contribution is 0.0716. The maximum absolute atomic E-state index is 6.12. The van der Waals surface area contributed by atoms with Crippen LogP contribution in [-0.2, 0) is 6.54 Å². The number of hydrogen-bond donors (Lipinski definition) is 0. The van der Waals surface area contributed by atoms with Crippen LogP contribution in [0, 0.1) is 5.92 Å². The molecule has 2 atom stereocenters. The maximum Gasteiger partial charge on any atom is 0.213 e. The summed E-state index contributed by atoms with van der Waals surface area (Å²) in [6, 6.07) is 13.9. The molecule has 7 nitrogen and oxygen atoms in total. The van der Waals surface area contributed by atoms with Gasteiger partial charge in [0.15, 0.2) is 11.4 Å². The predicted octanol–water partition coefficient (Wildman–Crippen LogP) is 4.82. The highest BCUT2D eigenvalue weighted by atomic mass is 16.5. The van der Waals surface area contributed by atoms with E-state index in [0.717, 1.165) is 62.0 Å². The van der Waals surface area contributed by atoms with Crippen molar-refractivity contribution < 1.29 is 9.26 Å². The second kappa shape index (κ2) is 10.5. The van der Waals surface area contributed by atoms with Gasteiger partial charge in [0.1, 0.15) is 0 Å². The lowest BCUT2D eigenvalue weighted by Crippen LogP contribution is -2.57. The first-order valence-electron chi connectivity index (χ1n) is 13.1. The fourth-order valence-electron chi connectivity index (χ4n) is 5.65. The van der Waals surface area contributed by atoms with Crippen molar-refractivity contribution >= 4 is 16.8 Å². The van der Waals surface area contributed by atoms with E-state index in [9.17, 15) is 0 Å². The Morgan fingerprint density at radius 2 is 1.86 bits per heavy atom. The van der Waals surface area contributed by atoms with E-state index in [1.165, 1.54) is 18.4 Å². The van der Waals surface area contributed by atoms with E-state index in [-0.39, 0.29) is 0 Å². The minimum absolute atomic E-state index is 0.512. The first kappa shape index (κ1) is 24.1. The first-order chi connectivity index (χ1) is 17.0. The third-order valence-corrected chi connectivity index (χ3v) is 7.62. The van der Waals surface area contributed by atoms with Gasteiger partial charge < -0.3 is 14.2 Å². The van der Waals surface area contributed by atoms with Gasteiger partial charge in [-0.3, -0.25) is 9.80 Å². The standard InChI is InChI=1S/C28H39N5O2/c1-20(2)33(21(3)4)17-22-10-12-27(29-15-22)34-19-23-9-11-24-18-32(14-13-31(24)16-23)28-25-7-5-6-8-26(25)35-30-28/h5-8,10,12,15,20-21,23-24H,9,11,13-14,16-19H2,1-4H3. The van der Waals surface area contributed by atoms with Crippen LogP contribution in [0.15, 0.2) is 47.1 Å². The number of piperidine rings is 1. The van der Waals surface area contributed by atoms with Crippen LogP contribution < -0.4 is 9.64 Å². The summed E-state index contributed by atoms with van der Waals surface area (Å²) in [7, 11) is 0. The van der Waals surface area contributed by atoms with Crippen LogP contribution in [0.4, 0.5) is 5.82 Å². The molecular weight excluding hydrogens is 438 g/mol. The van der Waals surface area contributed by atoms with Gasteiger partial charge in [0, 0.05) is 69.0 Å². The van der Waals surface area contributed by atoms with Crippen LogP contribution in [-0.4, -0.2) is 70.9 Å². The van der Waals surface area contributed by atoms with Crippen LogP contribution in [0.5, 0.6) is 5.88 Å². The average Bonchev–Trinajstić information content (AvgIpc) is 3.30. The van der Waals surface area contributed by atoms with Gasteiger partial charge >= 0.3 is 0 Å². The molecule has 7 heteroatoms. The van der Waals surface area contributed by atoms with E-state index in [4.69, 9.17) is 9.26 Å². The zero-order valence-corrected chi connectivity index (χ0v) is 21.6. The highest BCUT2D eigenvalue weighted by molar-refractivity contribution is 5.88. The molecule has 5 rings (SSSR count). The molecule has 2 saturated heterocycles. The molecule has 0 spiro atoms. The van der Waals surface area contributed by atoms with Crippen molar-refractivity contribution in [2.75, 3.05) is 37.7 Å². The number of nitrogens with zero attached hydrogens (tertiary/aromatic N) is 5. The third-order valence-electron chi connectivity index (χ3n) is 7.62. The number of ether oxygens (including phenoxy) is 1. The number of fused-ring (bicyclic) bond motifs is 2. The van der Waals surface area contributed by atoms with E-state index >= 15 is 0 Å². The number of hydrogen-bond acceptors (Lipinski definition) is 7. The molecule has 2 unspecified atom stereocenters. The van der Waals surface area contributed by atoms with Crippen molar-refractivity contribution in [3.63, 3.8) is 0 Å². The van der Waals surface area contributed by atoms with Crippen LogP contribution in [0.2, 0.25) is 0 Å². The van der Waals surface area contributed by atoms with Crippen LogP contribution in [0.25, 0.3) is 11.0 Å². The fraction of sp³-hybridized carbons (Fsp3) is 0.571. The summed E-state index contributed by atoms with van der Waals surface area (Å²) in [5.74, 6) is 2.27. The van der Waals surface area contributed by atoms with Crippen molar-refractivity contribution in [3.05, 3.63) is 48.2 Å². The van der Waals surface area contributed by atoms with Crippen LogP contribution >= 0.6 is 0 Å². The van der Waals surface area contributed by atoms with Crippen molar-refractivity contribution in [1.29, 1.82) is 0 Å². The molecule has 2 aliphatic heterocycles. The molecule has 35 heavy (non-hydrogen) atoms. The zero-order valence-electron chi connectivity index (χ0n) is 21.6. The zero-order chi connectivity index (χ0) is 24.4. The predicted molar refractivity (Wildman–Crippen MR) is 140 cm³/mol. The molecule has 0 radical (unpaired) electrons. The normalized spacial score (nSPS) is 21.3. The molecule has 0 amide bonds. The molecule has 2 fully saturated rings. The molecule has 0 N–H and O–H groups in total. The molecule has 4 heterocycles. The topological polar surface area (TPSA) is 57.9 Å². The molecule has 0 bridgehead atoms. The minimum atomic E-state index is 0.512. The van der Waals surface area contributed by atoms with E-state index in [2.05, 4.69) is 70.7 Å². The Morgan fingerprint density at radius 3 is 2.63 bits per heavy atom. The summed E-state index contributed by atoms with van der Waals surface area (Å²) >= 11 is 0. The Morgan fingerprint density at radius 1 is 1.03 bits per heavy atom. The molecule has 188 valence electrons. The fourth-order valence-corrected chi connectivity index (χ4v) is 5.65. The maximum atomic E-state index is 6.12. The summed E-state index contributed by atoms with van der Waals surface area (Å²) in [6.07, 6.45) is 4.34. The summed E-state index contributed by atoms with van der Waals surface area (Å²) in [4.78, 5) is 12.1. The number of benzene rings is 1. The van der Waals surface area contributed by atoms with Gasteiger partial charge in [-0.15, -0.1) is 0 Å². The first-order valence-corrected chi connectivity index (χ1v) is 13.1. The monoisotopic (exact) mass is 477 g/mol. The van der Waals surface area contributed by atoms with Crippen molar-refractivity contribution in [3.8, 4) is 5.88 Å². The number of para-hydroxylation sites is 1. The number of anilines is 1. The van der Waals surface area contributed by atoms with Crippen LogP contribution in [0.1, 0.15) is 46.1 Å². The largest absolute Gasteiger partial charge is 0.477 e. The quantitative estimate of drug-likeness (QED) is 0.461. The lowest BCUT2D eigenvalue weighted by Gasteiger charge is -2.46. The summed E-state index contributed by atoms with van der Waals surface area (Å²) in [5.41, 5.74) is 2.10. The summed E-state index contributed by atoms with van der Waals surface area (Å²) in [5, 5.41) is 5.49. The number of piperazine rings is 1. The van der Waals surface area contributed by atoms with E-state index < -0.39 is 0 Å². The summed E-state index contributed by atoms with van der Waals surface area (Å²) < 4.78 is 11.7. The second-order valence-electron chi connectivity index (χ2n) is 10.7. The van der Waals surface area contributed by atoms with Gasteiger partial charge in [0.25, 0.3) is 0 Å².